The van der Waals surface area contributed by atoms with Crippen LogP contribution in [0.2, 0.25) is 0 Å². The number of nitrogens with two attached hydrogens (primary N) is 1. The van der Waals surface area contributed by atoms with Gasteiger partial charge in [0.2, 0.25) is 11.8 Å². The van der Waals surface area contributed by atoms with Gasteiger partial charge in [0.25, 0.3) is 0 Å². The Morgan fingerprint density at radius 1 is 1.19 bits per heavy atom. The Balaban J connectivity index is 1.69. The zero-order valence-corrected chi connectivity index (χ0v) is 21.9. The Morgan fingerprint density at radius 2 is 1.84 bits per heavy atom. The second kappa shape index (κ2) is 10.8. The molecular formula is C25H33N3O8S. The molecule has 3 rings (SSSR count). The monoisotopic (exact) mass is 535 g/mol. The summed E-state index contributed by atoms with van der Waals surface area (Å²) in [6.07, 6.45) is 2.92. The van der Waals surface area contributed by atoms with Crippen LogP contribution in [0, 0.1) is 5.41 Å². The standard InChI is InChI=1S/C25H33N3O8S/c1-12-8-14-20(13(2)25(6-7-25)24(3,36)21(14)32)15(12)10-37-11-17(22(33)27-9-19(30)31)28-18(29)5-4-16(26)23(34)35/h8,16-17,36H,4-7,9-11,26H2,1-3H3,(H,27,33)(H,28,29)(H,30,31)(H,34,35)/t16-,17?,24-/m0/s1. The second-order valence-corrected chi connectivity index (χ2v) is 11.0. The molecule has 0 radical (unpaired) electrons. The van der Waals surface area contributed by atoms with Gasteiger partial charge in [0.15, 0.2) is 5.78 Å². The van der Waals surface area contributed by atoms with Gasteiger partial charge in [-0.15, -0.1) is 0 Å². The highest BCUT2D eigenvalue weighted by atomic mass is 32.2. The van der Waals surface area contributed by atoms with Crippen molar-refractivity contribution in [3.05, 3.63) is 33.9 Å². The first kappa shape index (κ1) is 28.6. The summed E-state index contributed by atoms with van der Waals surface area (Å²) in [5, 5.41) is 33.5. The third-order valence-corrected chi connectivity index (χ3v) is 8.53. The highest BCUT2D eigenvalue weighted by Gasteiger charge is 2.65. The molecule has 0 aromatic carbocycles. The Labute approximate surface area is 218 Å². The molecule has 3 aliphatic rings. The Hall–Kier alpha value is -2.96. The molecule has 0 aliphatic heterocycles. The normalized spacial score (nSPS) is 23.4. The molecule has 1 unspecified atom stereocenters. The molecule has 7 N–H and O–H groups in total. The maximum atomic E-state index is 13.1. The van der Waals surface area contributed by atoms with Gasteiger partial charge in [-0.3, -0.25) is 24.0 Å². The summed E-state index contributed by atoms with van der Waals surface area (Å²) >= 11 is 1.33. The van der Waals surface area contributed by atoms with Crippen LogP contribution in [0.25, 0.3) is 0 Å². The number of carbonyl (C=O) groups is 5. The van der Waals surface area contributed by atoms with Crippen LogP contribution in [0.5, 0.6) is 0 Å². The molecule has 1 fully saturated rings. The first-order chi connectivity index (χ1) is 17.2. The fourth-order valence-corrected chi connectivity index (χ4v) is 6.19. The minimum atomic E-state index is -1.45. The smallest absolute Gasteiger partial charge is 0.322 e. The minimum Gasteiger partial charge on any atom is -0.480 e. The zero-order valence-electron chi connectivity index (χ0n) is 21.1. The van der Waals surface area contributed by atoms with Gasteiger partial charge in [-0.2, -0.15) is 11.8 Å². The van der Waals surface area contributed by atoms with Crippen LogP contribution < -0.4 is 16.4 Å². The molecule has 3 aliphatic carbocycles. The number of fused-ring (bicyclic) bond motifs is 1. The number of aliphatic hydroxyl groups is 1. The van der Waals surface area contributed by atoms with Crippen LogP contribution in [-0.2, 0) is 24.0 Å². The van der Waals surface area contributed by atoms with Crippen molar-refractivity contribution in [2.24, 2.45) is 11.1 Å². The molecule has 0 saturated heterocycles. The topological polar surface area (TPSA) is 196 Å². The van der Waals surface area contributed by atoms with Crippen molar-refractivity contribution in [3.63, 3.8) is 0 Å². The van der Waals surface area contributed by atoms with Gasteiger partial charge in [0.05, 0.1) is 0 Å². The van der Waals surface area contributed by atoms with E-state index in [1.807, 2.05) is 13.8 Å². The number of rotatable bonds is 12. The van der Waals surface area contributed by atoms with Crippen molar-refractivity contribution in [2.75, 3.05) is 18.1 Å². The lowest BCUT2D eigenvalue weighted by molar-refractivity contribution is -0.139. The molecule has 0 aromatic heterocycles. The number of amides is 2. The number of hydrogen-bond acceptors (Lipinski definition) is 8. The molecule has 202 valence electrons. The molecule has 2 amide bonds. The summed E-state index contributed by atoms with van der Waals surface area (Å²) < 4.78 is 0. The second-order valence-electron chi connectivity index (χ2n) is 9.93. The van der Waals surface area contributed by atoms with Crippen LogP contribution in [0.3, 0.4) is 0 Å². The van der Waals surface area contributed by atoms with E-state index in [-0.39, 0.29) is 24.4 Å². The van der Waals surface area contributed by atoms with Crippen molar-refractivity contribution in [3.8, 4) is 0 Å². The van der Waals surface area contributed by atoms with Crippen LogP contribution in [0.4, 0.5) is 0 Å². The fraction of sp³-hybridized carbons (Fsp3) is 0.560. The summed E-state index contributed by atoms with van der Waals surface area (Å²) in [6, 6.07) is -2.28. The molecule has 37 heavy (non-hydrogen) atoms. The van der Waals surface area contributed by atoms with E-state index in [2.05, 4.69) is 10.6 Å². The predicted molar refractivity (Wildman–Crippen MR) is 136 cm³/mol. The molecule has 0 heterocycles. The Morgan fingerprint density at radius 3 is 2.41 bits per heavy atom. The van der Waals surface area contributed by atoms with E-state index in [0.717, 1.165) is 35.1 Å². The predicted octanol–water partition coefficient (Wildman–Crippen LogP) is 0.284. The minimum absolute atomic E-state index is 0.109. The Bertz CT molecular complexity index is 1130. The molecule has 11 nitrogen and oxygen atoms in total. The van der Waals surface area contributed by atoms with Crippen molar-refractivity contribution in [1.82, 2.24) is 10.6 Å². The van der Waals surface area contributed by atoms with Crippen molar-refractivity contribution in [1.29, 1.82) is 0 Å². The number of carbonyl (C=O) groups excluding carboxylic acids is 3. The number of thioether (sulfide) groups is 1. The maximum absolute atomic E-state index is 13.1. The van der Waals surface area contributed by atoms with E-state index >= 15 is 0 Å². The number of carboxylic acid groups (broad SMARTS) is 2. The number of ketones is 1. The molecular weight excluding hydrogens is 502 g/mol. The van der Waals surface area contributed by atoms with E-state index < -0.39 is 53.4 Å². The van der Waals surface area contributed by atoms with Crippen LogP contribution in [0.1, 0.15) is 46.5 Å². The molecule has 0 aromatic rings. The van der Waals surface area contributed by atoms with Gasteiger partial charge in [-0.25, -0.2) is 0 Å². The number of Topliss-reactive ketones (excluding diaryl/α,β-unsaturated/α-hetero) is 1. The van der Waals surface area contributed by atoms with E-state index in [1.165, 1.54) is 11.8 Å². The quantitative estimate of drug-likeness (QED) is 0.202. The number of carboxylic acids is 2. The van der Waals surface area contributed by atoms with Gasteiger partial charge in [0, 0.05) is 28.9 Å². The summed E-state index contributed by atoms with van der Waals surface area (Å²) in [6.45, 7) is 4.80. The average Bonchev–Trinajstić information content (AvgIpc) is 3.58. The first-order valence-electron chi connectivity index (χ1n) is 12.0. The number of hydrogen-bond donors (Lipinski definition) is 6. The van der Waals surface area contributed by atoms with Crippen LogP contribution >= 0.6 is 11.8 Å². The van der Waals surface area contributed by atoms with Crippen molar-refractivity contribution < 1.29 is 39.3 Å². The average molecular weight is 536 g/mol. The molecule has 0 bridgehead atoms. The van der Waals surface area contributed by atoms with Crippen molar-refractivity contribution in [2.45, 2.75) is 64.1 Å². The van der Waals surface area contributed by atoms with Crippen LogP contribution in [0.15, 0.2) is 33.9 Å². The third kappa shape index (κ3) is 5.65. The fourth-order valence-electron chi connectivity index (χ4n) is 5.02. The van der Waals surface area contributed by atoms with Gasteiger partial charge in [-0.05, 0) is 62.8 Å². The van der Waals surface area contributed by atoms with Gasteiger partial charge >= 0.3 is 11.9 Å². The SMILES string of the molecule is CC1=C(CSCC(NC(=O)CC[C@H](N)C(=O)O)C(=O)NCC(=O)O)C2=C(C)C3(CC3)[C@@](C)(O)C(=O)C2=C1. The van der Waals surface area contributed by atoms with E-state index in [1.54, 1.807) is 13.0 Å². The molecule has 1 spiro atoms. The highest BCUT2D eigenvalue weighted by molar-refractivity contribution is 7.99. The van der Waals surface area contributed by atoms with Gasteiger partial charge < -0.3 is 31.7 Å². The van der Waals surface area contributed by atoms with E-state index in [4.69, 9.17) is 15.9 Å². The largest absolute Gasteiger partial charge is 0.480 e. The van der Waals surface area contributed by atoms with Crippen LogP contribution in [-0.4, -0.2) is 80.6 Å². The summed E-state index contributed by atoms with van der Waals surface area (Å²) in [5.74, 6) is -3.50. The lowest BCUT2D eigenvalue weighted by Gasteiger charge is -2.39. The lowest BCUT2D eigenvalue weighted by Crippen LogP contribution is -2.49. The zero-order chi connectivity index (χ0) is 27.7. The highest BCUT2D eigenvalue weighted by Crippen LogP contribution is 2.65. The summed E-state index contributed by atoms with van der Waals surface area (Å²) in [7, 11) is 0. The molecule has 3 atom stereocenters. The molecule has 1 saturated carbocycles. The first-order valence-corrected chi connectivity index (χ1v) is 13.1. The maximum Gasteiger partial charge on any atom is 0.322 e. The lowest BCUT2D eigenvalue weighted by atomic mass is 9.67. The van der Waals surface area contributed by atoms with Gasteiger partial charge in [-0.1, -0.05) is 5.57 Å². The summed E-state index contributed by atoms with van der Waals surface area (Å²) in [4.78, 5) is 59.8. The Kier molecular flexibility index (Phi) is 8.35. The number of allylic oxidation sites excluding steroid dienone is 3. The summed E-state index contributed by atoms with van der Waals surface area (Å²) in [5.41, 5.74) is 7.56. The molecule has 12 heteroatoms. The van der Waals surface area contributed by atoms with Crippen molar-refractivity contribution >= 4 is 41.3 Å². The number of nitrogens with one attached hydrogen (secondary N) is 2. The third-order valence-electron chi connectivity index (χ3n) is 7.47. The van der Waals surface area contributed by atoms with E-state index in [9.17, 15) is 29.1 Å². The number of aliphatic carboxylic acids is 2. The van der Waals surface area contributed by atoms with Gasteiger partial charge in [0.1, 0.15) is 24.2 Å². The van der Waals surface area contributed by atoms with E-state index in [0.29, 0.717) is 11.3 Å².